The maximum absolute atomic E-state index is 6.05. The molecule has 0 aliphatic heterocycles. The summed E-state index contributed by atoms with van der Waals surface area (Å²) in [4.78, 5) is 8.85. The monoisotopic (exact) mass is 289 g/mol. The van der Waals surface area contributed by atoms with E-state index in [4.69, 9.17) is 11.5 Å². The first-order valence-electron chi connectivity index (χ1n) is 7.06. The molecule has 22 heavy (non-hydrogen) atoms. The van der Waals surface area contributed by atoms with E-state index < -0.39 is 0 Å². The number of imidazole rings is 1. The molecule has 0 radical (unpaired) electrons. The molecular weight excluding hydrogens is 274 g/mol. The minimum Gasteiger partial charge on any atom is -0.399 e. The van der Waals surface area contributed by atoms with Crippen LogP contribution in [0.2, 0.25) is 0 Å². The quantitative estimate of drug-likeness (QED) is 0.556. The highest BCUT2D eigenvalue weighted by atomic mass is 15.1. The van der Waals surface area contributed by atoms with Crippen molar-refractivity contribution in [1.29, 1.82) is 0 Å². The van der Waals surface area contributed by atoms with E-state index in [1.807, 2.05) is 54.9 Å². The zero-order valence-electron chi connectivity index (χ0n) is 11.9. The van der Waals surface area contributed by atoms with E-state index in [2.05, 4.69) is 14.5 Å². The molecule has 5 heteroatoms. The van der Waals surface area contributed by atoms with Gasteiger partial charge in [-0.3, -0.25) is 0 Å². The van der Waals surface area contributed by atoms with Crippen LogP contribution in [0.25, 0.3) is 21.9 Å². The number of rotatable bonds is 2. The molecule has 2 heterocycles. The summed E-state index contributed by atoms with van der Waals surface area (Å²) in [6, 6.07) is 15.8. The van der Waals surface area contributed by atoms with Crippen LogP contribution < -0.4 is 11.5 Å². The Morgan fingerprint density at radius 1 is 0.955 bits per heavy atom. The number of anilines is 2. The van der Waals surface area contributed by atoms with Crippen molar-refractivity contribution >= 4 is 33.4 Å². The summed E-state index contributed by atoms with van der Waals surface area (Å²) in [5.41, 5.74) is 16.3. The molecule has 4 N–H and O–H groups in total. The van der Waals surface area contributed by atoms with Crippen molar-refractivity contribution in [2.45, 2.75) is 6.54 Å². The molecule has 0 saturated heterocycles. The summed E-state index contributed by atoms with van der Waals surface area (Å²) in [5, 5.41) is 1.06. The lowest BCUT2D eigenvalue weighted by Gasteiger charge is -2.08. The zero-order chi connectivity index (χ0) is 15.1. The summed E-state index contributed by atoms with van der Waals surface area (Å²) in [6.45, 7) is 0.713. The van der Waals surface area contributed by atoms with E-state index in [1.54, 1.807) is 0 Å². The van der Waals surface area contributed by atoms with Gasteiger partial charge in [0.1, 0.15) is 5.52 Å². The number of fused-ring (bicyclic) bond motifs is 3. The van der Waals surface area contributed by atoms with Gasteiger partial charge >= 0.3 is 0 Å². The highest BCUT2D eigenvalue weighted by Gasteiger charge is 2.12. The van der Waals surface area contributed by atoms with Crippen molar-refractivity contribution in [2.24, 2.45) is 0 Å². The Bertz CT molecular complexity index is 970. The smallest absolute Gasteiger partial charge is 0.152 e. The van der Waals surface area contributed by atoms with E-state index in [0.29, 0.717) is 12.4 Å². The summed E-state index contributed by atoms with van der Waals surface area (Å²) in [7, 11) is 0. The molecule has 0 saturated carbocycles. The van der Waals surface area contributed by atoms with Crippen molar-refractivity contribution in [2.75, 3.05) is 11.5 Å². The summed E-state index contributed by atoms with van der Waals surface area (Å²) < 4.78 is 2.10. The zero-order valence-corrected chi connectivity index (χ0v) is 11.9. The number of hydrogen-bond donors (Lipinski definition) is 2. The summed E-state index contributed by atoms with van der Waals surface area (Å²) >= 11 is 0. The molecule has 4 aromatic rings. The molecular formula is C17H15N5. The average molecular weight is 289 g/mol. The fourth-order valence-corrected chi connectivity index (χ4v) is 2.75. The molecule has 2 aromatic carbocycles. The second-order valence-electron chi connectivity index (χ2n) is 5.33. The Labute approximate surface area is 127 Å². The first-order chi connectivity index (χ1) is 10.7. The summed E-state index contributed by atoms with van der Waals surface area (Å²) in [6.07, 6.45) is 1.81. The van der Waals surface area contributed by atoms with Gasteiger partial charge in [0.2, 0.25) is 0 Å². The maximum Gasteiger partial charge on any atom is 0.152 e. The van der Waals surface area contributed by atoms with Gasteiger partial charge in [0.15, 0.2) is 5.82 Å². The number of nitrogen functional groups attached to an aromatic ring is 2. The molecule has 0 unspecified atom stereocenters. The van der Waals surface area contributed by atoms with E-state index in [1.165, 1.54) is 0 Å². The molecule has 0 atom stereocenters. The molecule has 0 fully saturated rings. The molecule has 0 spiro atoms. The number of benzene rings is 2. The number of nitrogens with two attached hydrogens (primary N) is 2. The van der Waals surface area contributed by atoms with Gasteiger partial charge in [0.05, 0.1) is 17.4 Å². The van der Waals surface area contributed by atoms with E-state index in [0.717, 1.165) is 33.2 Å². The first-order valence-corrected chi connectivity index (χ1v) is 7.06. The van der Waals surface area contributed by atoms with Gasteiger partial charge in [-0.25, -0.2) is 9.97 Å². The molecule has 0 aliphatic rings. The van der Waals surface area contributed by atoms with Crippen LogP contribution in [0, 0.1) is 0 Å². The second-order valence-corrected chi connectivity index (χ2v) is 5.33. The predicted octanol–water partition coefficient (Wildman–Crippen LogP) is 2.80. The Hall–Kier alpha value is -3.08. The van der Waals surface area contributed by atoms with Gasteiger partial charge in [0, 0.05) is 17.6 Å². The highest BCUT2D eigenvalue weighted by molar-refractivity contribution is 6.06. The molecule has 0 aliphatic carbocycles. The third-order valence-electron chi connectivity index (χ3n) is 3.81. The lowest BCUT2D eigenvalue weighted by atomic mass is 10.1. The Kier molecular flexibility index (Phi) is 2.72. The molecule has 5 nitrogen and oxygen atoms in total. The Balaban J connectivity index is 1.92. The molecule has 4 rings (SSSR count). The highest BCUT2D eigenvalue weighted by Crippen LogP contribution is 2.27. The van der Waals surface area contributed by atoms with Crippen molar-refractivity contribution in [1.82, 2.24) is 14.5 Å². The minimum atomic E-state index is 0.463. The normalized spacial score (nSPS) is 11.3. The lowest BCUT2D eigenvalue weighted by Crippen LogP contribution is -2.00. The molecule has 2 aromatic heterocycles. The van der Waals surface area contributed by atoms with E-state index in [9.17, 15) is 0 Å². The first kappa shape index (κ1) is 12.6. The number of aromatic nitrogens is 3. The van der Waals surface area contributed by atoms with Crippen molar-refractivity contribution in [3.63, 3.8) is 0 Å². The number of nitrogens with zero attached hydrogens (tertiary/aromatic N) is 3. The largest absolute Gasteiger partial charge is 0.399 e. The third kappa shape index (κ3) is 1.95. The van der Waals surface area contributed by atoms with Crippen molar-refractivity contribution in [3.05, 3.63) is 60.4 Å². The Morgan fingerprint density at radius 3 is 2.55 bits per heavy atom. The Morgan fingerprint density at radius 2 is 1.73 bits per heavy atom. The fourth-order valence-electron chi connectivity index (χ4n) is 2.75. The van der Waals surface area contributed by atoms with Crippen molar-refractivity contribution in [3.8, 4) is 0 Å². The van der Waals surface area contributed by atoms with Crippen LogP contribution in [-0.4, -0.2) is 14.5 Å². The topological polar surface area (TPSA) is 82.8 Å². The average Bonchev–Trinajstić information content (AvgIpc) is 2.94. The molecule has 0 bridgehead atoms. The van der Waals surface area contributed by atoms with E-state index in [-0.39, 0.29) is 0 Å². The van der Waals surface area contributed by atoms with Gasteiger partial charge in [-0.05, 0) is 23.8 Å². The standard InChI is InChI=1S/C17H15N5/c18-12-7-5-11(6-8-12)9-22-10-20-15-16(22)13-3-1-2-4-14(13)21-17(15)19/h1-8,10H,9,18H2,(H2,19,21). The van der Waals surface area contributed by atoms with E-state index >= 15 is 0 Å². The second kappa shape index (κ2) is 4.73. The fraction of sp³-hybridized carbons (Fsp3) is 0.0588. The third-order valence-corrected chi connectivity index (χ3v) is 3.81. The van der Waals surface area contributed by atoms with Crippen LogP contribution >= 0.6 is 0 Å². The van der Waals surface area contributed by atoms with Gasteiger partial charge in [-0.2, -0.15) is 0 Å². The van der Waals surface area contributed by atoms with Gasteiger partial charge in [0.25, 0.3) is 0 Å². The SMILES string of the molecule is Nc1ccc(Cn2cnc3c(N)nc4ccccc4c32)cc1. The van der Waals surface area contributed by atoms with Crippen LogP contribution in [0.3, 0.4) is 0 Å². The maximum atomic E-state index is 6.05. The van der Waals surface area contributed by atoms with Gasteiger partial charge < -0.3 is 16.0 Å². The van der Waals surface area contributed by atoms with Crippen LogP contribution in [-0.2, 0) is 6.54 Å². The number of hydrogen-bond acceptors (Lipinski definition) is 4. The number of para-hydroxylation sites is 1. The molecule has 0 amide bonds. The lowest BCUT2D eigenvalue weighted by molar-refractivity contribution is 0.827. The van der Waals surface area contributed by atoms with Gasteiger partial charge in [-0.1, -0.05) is 30.3 Å². The minimum absolute atomic E-state index is 0.463. The predicted molar refractivity (Wildman–Crippen MR) is 89.4 cm³/mol. The van der Waals surface area contributed by atoms with Crippen molar-refractivity contribution < 1.29 is 0 Å². The van der Waals surface area contributed by atoms with Crippen LogP contribution in [0.4, 0.5) is 11.5 Å². The number of pyridine rings is 1. The summed E-state index contributed by atoms with van der Waals surface area (Å²) in [5.74, 6) is 0.463. The molecule has 108 valence electrons. The van der Waals surface area contributed by atoms with Crippen LogP contribution in [0.1, 0.15) is 5.56 Å². The van der Waals surface area contributed by atoms with Crippen LogP contribution in [0.15, 0.2) is 54.9 Å². The van der Waals surface area contributed by atoms with Crippen LogP contribution in [0.5, 0.6) is 0 Å². The van der Waals surface area contributed by atoms with Gasteiger partial charge in [-0.15, -0.1) is 0 Å².